The number of hydrogen-bond acceptors (Lipinski definition) is 2. The number of pyridine rings is 1. The van der Waals surface area contributed by atoms with Gasteiger partial charge in [-0.05, 0) is 24.5 Å². The predicted octanol–water partition coefficient (Wildman–Crippen LogP) is 2.70. The molecule has 2 heteroatoms. The average Bonchev–Trinajstić information content (AvgIpc) is 2.27. The first-order chi connectivity index (χ1) is 7.26. The second kappa shape index (κ2) is 6.57. The van der Waals surface area contributed by atoms with Crippen LogP contribution in [0.5, 0.6) is 0 Å². The fraction of sp³-hybridized carbons (Fsp3) is 0.615. The summed E-state index contributed by atoms with van der Waals surface area (Å²) in [5.74, 6) is 0. The fourth-order valence-corrected chi connectivity index (χ4v) is 1.62. The molecule has 0 aromatic carbocycles. The molecule has 2 N–H and O–H groups in total. The normalized spacial score (nSPS) is 12.7. The molecule has 0 aliphatic carbocycles. The summed E-state index contributed by atoms with van der Waals surface area (Å²) in [7, 11) is 0. The third kappa shape index (κ3) is 4.43. The van der Waals surface area contributed by atoms with E-state index >= 15 is 0 Å². The van der Waals surface area contributed by atoms with Crippen LogP contribution in [0.15, 0.2) is 18.3 Å². The highest BCUT2D eigenvalue weighted by atomic mass is 14.7. The first kappa shape index (κ1) is 12.2. The molecule has 2 nitrogen and oxygen atoms in total. The van der Waals surface area contributed by atoms with Gasteiger partial charge in [0, 0.05) is 24.4 Å². The minimum Gasteiger partial charge on any atom is -0.327 e. The maximum absolute atomic E-state index is 6.02. The number of nitrogens with two attached hydrogens (primary N) is 1. The van der Waals surface area contributed by atoms with Gasteiger partial charge in [0.15, 0.2) is 0 Å². The number of hydrogen-bond donors (Lipinski definition) is 1. The van der Waals surface area contributed by atoms with E-state index in [4.69, 9.17) is 5.73 Å². The largest absolute Gasteiger partial charge is 0.327 e. The Morgan fingerprint density at radius 2 is 2.13 bits per heavy atom. The number of aryl methyl sites for hydroxylation is 1. The van der Waals surface area contributed by atoms with E-state index in [1.807, 2.05) is 6.20 Å². The van der Waals surface area contributed by atoms with E-state index in [9.17, 15) is 0 Å². The number of rotatable bonds is 6. The first-order valence-electron chi connectivity index (χ1n) is 5.95. The summed E-state index contributed by atoms with van der Waals surface area (Å²) in [6.07, 6.45) is 7.46. The monoisotopic (exact) mass is 206 g/mol. The predicted molar refractivity (Wildman–Crippen MR) is 64.8 cm³/mol. The van der Waals surface area contributed by atoms with Crippen LogP contribution in [0.2, 0.25) is 0 Å². The van der Waals surface area contributed by atoms with Gasteiger partial charge in [-0.3, -0.25) is 4.98 Å². The summed E-state index contributed by atoms with van der Waals surface area (Å²) in [5.41, 5.74) is 8.44. The van der Waals surface area contributed by atoms with Crippen molar-refractivity contribution in [3.63, 3.8) is 0 Å². The molecule has 1 aromatic heterocycles. The van der Waals surface area contributed by atoms with Crippen LogP contribution in [0, 0.1) is 0 Å². The van der Waals surface area contributed by atoms with Gasteiger partial charge in [0.2, 0.25) is 0 Å². The molecule has 1 atom stereocenters. The van der Waals surface area contributed by atoms with Crippen molar-refractivity contribution in [2.75, 3.05) is 0 Å². The quantitative estimate of drug-likeness (QED) is 0.777. The summed E-state index contributed by atoms with van der Waals surface area (Å²) in [6.45, 7) is 4.34. The van der Waals surface area contributed by atoms with Crippen LogP contribution < -0.4 is 5.73 Å². The minimum absolute atomic E-state index is 0.268. The zero-order chi connectivity index (χ0) is 11.1. The first-order valence-corrected chi connectivity index (χ1v) is 5.95. The third-order valence-electron chi connectivity index (χ3n) is 2.69. The lowest BCUT2D eigenvalue weighted by atomic mass is 10.0. The van der Waals surface area contributed by atoms with Gasteiger partial charge in [-0.15, -0.1) is 0 Å². The molecule has 0 radical (unpaired) electrons. The van der Waals surface area contributed by atoms with Gasteiger partial charge in [0.1, 0.15) is 0 Å². The van der Waals surface area contributed by atoms with Crippen LogP contribution in [-0.2, 0) is 12.8 Å². The van der Waals surface area contributed by atoms with Gasteiger partial charge >= 0.3 is 0 Å². The average molecular weight is 206 g/mol. The highest BCUT2D eigenvalue weighted by molar-refractivity contribution is 5.14. The molecule has 0 aliphatic heterocycles. The lowest BCUT2D eigenvalue weighted by molar-refractivity contribution is 0.568. The summed E-state index contributed by atoms with van der Waals surface area (Å²) < 4.78 is 0. The summed E-state index contributed by atoms with van der Waals surface area (Å²) in [6, 6.07) is 4.52. The molecule has 1 aromatic rings. The Morgan fingerprint density at radius 1 is 1.33 bits per heavy atom. The highest BCUT2D eigenvalue weighted by Gasteiger charge is 2.04. The van der Waals surface area contributed by atoms with Gasteiger partial charge in [0.25, 0.3) is 0 Å². The lowest BCUT2D eigenvalue weighted by Gasteiger charge is -2.10. The zero-order valence-corrected chi connectivity index (χ0v) is 9.87. The van der Waals surface area contributed by atoms with Crippen molar-refractivity contribution in [1.82, 2.24) is 4.98 Å². The molecule has 1 rings (SSSR count). The Balaban J connectivity index is 2.42. The maximum Gasteiger partial charge on any atom is 0.0419 e. The van der Waals surface area contributed by atoms with E-state index in [-0.39, 0.29) is 6.04 Å². The molecular weight excluding hydrogens is 184 g/mol. The Kier molecular flexibility index (Phi) is 5.33. The third-order valence-corrected chi connectivity index (χ3v) is 2.69. The fourth-order valence-electron chi connectivity index (χ4n) is 1.62. The zero-order valence-electron chi connectivity index (χ0n) is 9.87. The van der Waals surface area contributed by atoms with E-state index in [2.05, 4.69) is 31.0 Å². The van der Waals surface area contributed by atoms with Crippen molar-refractivity contribution in [1.29, 1.82) is 0 Å². The molecule has 0 spiro atoms. The number of unbranched alkanes of at least 4 members (excludes halogenated alkanes) is 1. The van der Waals surface area contributed by atoms with Crippen molar-refractivity contribution in [2.45, 2.75) is 52.0 Å². The maximum atomic E-state index is 6.02. The number of aromatic nitrogens is 1. The van der Waals surface area contributed by atoms with Crippen molar-refractivity contribution >= 4 is 0 Å². The van der Waals surface area contributed by atoms with Gasteiger partial charge in [-0.25, -0.2) is 0 Å². The standard InChI is InChI=1S/C13H22N2/c1-3-5-6-12(14)9-13-8-7-11(4-2)10-15-13/h7-8,10,12H,3-6,9,14H2,1-2H3. The Hall–Kier alpha value is -0.890. The summed E-state index contributed by atoms with van der Waals surface area (Å²) in [5, 5.41) is 0. The summed E-state index contributed by atoms with van der Waals surface area (Å²) in [4.78, 5) is 4.42. The van der Waals surface area contributed by atoms with Gasteiger partial charge < -0.3 is 5.73 Å². The Bertz CT molecular complexity index is 266. The Morgan fingerprint density at radius 3 is 2.67 bits per heavy atom. The molecule has 0 saturated heterocycles. The SMILES string of the molecule is CCCCC(N)Cc1ccc(CC)cn1. The van der Waals surface area contributed by atoms with E-state index in [1.165, 1.54) is 18.4 Å². The molecule has 0 bridgehead atoms. The van der Waals surface area contributed by atoms with Crippen molar-refractivity contribution < 1.29 is 0 Å². The molecular formula is C13H22N2. The van der Waals surface area contributed by atoms with E-state index in [0.717, 1.165) is 25.0 Å². The van der Waals surface area contributed by atoms with Gasteiger partial charge in [-0.2, -0.15) is 0 Å². The Labute approximate surface area is 92.9 Å². The molecule has 1 heterocycles. The molecule has 15 heavy (non-hydrogen) atoms. The molecule has 0 saturated carbocycles. The van der Waals surface area contributed by atoms with Crippen LogP contribution in [-0.4, -0.2) is 11.0 Å². The molecule has 1 unspecified atom stereocenters. The molecule has 0 amide bonds. The van der Waals surface area contributed by atoms with Crippen LogP contribution >= 0.6 is 0 Å². The van der Waals surface area contributed by atoms with Gasteiger partial charge in [0.05, 0.1) is 0 Å². The topological polar surface area (TPSA) is 38.9 Å². The van der Waals surface area contributed by atoms with Crippen molar-refractivity contribution in [3.05, 3.63) is 29.6 Å². The highest BCUT2D eigenvalue weighted by Crippen LogP contribution is 2.06. The molecule has 84 valence electrons. The van der Waals surface area contributed by atoms with E-state index in [1.54, 1.807) is 0 Å². The second-order valence-electron chi connectivity index (χ2n) is 4.12. The van der Waals surface area contributed by atoms with E-state index in [0.29, 0.717) is 0 Å². The van der Waals surface area contributed by atoms with Crippen LogP contribution in [0.3, 0.4) is 0 Å². The minimum atomic E-state index is 0.268. The van der Waals surface area contributed by atoms with Crippen LogP contribution in [0.1, 0.15) is 44.4 Å². The summed E-state index contributed by atoms with van der Waals surface area (Å²) >= 11 is 0. The van der Waals surface area contributed by atoms with E-state index < -0.39 is 0 Å². The lowest BCUT2D eigenvalue weighted by Crippen LogP contribution is -2.23. The van der Waals surface area contributed by atoms with Crippen LogP contribution in [0.25, 0.3) is 0 Å². The molecule has 0 fully saturated rings. The number of nitrogens with zero attached hydrogens (tertiary/aromatic N) is 1. The van der Waals surface area contributed by atoms with Gasteiger partial charge in [-0.1, -0.05) is 32.8 Å². The smallest absolute Gasteiger partial charge is 0.0419 e. The molecule has 0 aliphatic rings. The van der Waals surface area contributed by atoms with Crippen molar-refractivity contribution in [3.8, 4) is 0 Å². The van der Waals surface area contributed by atoms with Crippen molar-refractivity contribution in [2.24, 2.45) is 5.73 Å². The second-order valence-corrected chi connectivity index (χ2v) is 4.12. The van der Waals surface area contributed by atoms with Crippen LogP contribution in [0.4, 0.5) is 0 Å².